The molecule has 1 aliphatic heterocycles. The summed E-state index contributed by atoms with van der Waals surface area (Å²) in [5, 5.41) is 17.1. The average molecular weight is 595 g/mol. The lowest BCUT2D eigenvalue weighted by Gasteiger charge is -2.21. The molecule has 3 aromatic rings. The van der Waals surface area contributed by atoms with Gasteiger partial charge >= 0.3 is 6.03 Å². The zero-order chi connectivity index (χ0) is 28.8. The Balaban J connectivity index is 0.000000342. The first-order chi connectivity index (χ1) is 19.6. The maximum Gasteiger partial charge on any atom is 0.317 e. The molecular formula is C27H34F4N8O3. The van der Waals surface area contributed by atoms with Crippen molar-refractivity contribution >= 4 is 17.6 Å². The Labute approximate surface area is 239 Å². The Bertz CT molecular complexity index is 1430. The minimum Gasteiger partial charge on any atom is -0.345 e. The number of amides is 3. The van der Waals surface area contributed by atoms with E-state index in [1.807, 2.05) is 0 Å². The second kappa shape index (κ2) is 11.5. The van der Waals surface area contributed by atoms with Crippen molar-refractivity contribution in [1.82, 2.24) is 40.4 Å². The van der Waals surface area contributed by atoms with Gasteiger partial charge < -0.3 is 15.5 Å². The lowest BCUT2D eigenvalue weighted by atomic mass is 9.97. The normalized spacial score (nSPS) is 23.9. The van der Waals surface area contributed by atoms with E-state index in [9.17, 15) is 27.2 Å². The van der Waals surface area contributed by atoms with Crippen LogP contribution in [0.2, 0.25) is 0 Å². The van der Waals surface area contributed by atoms with Crippen molar-refractivity contribution in [2.75, 3.05) is 13.1 Å². The van der Waals surface area contributed by atoms with E-state index < -0.39 is 23.7 Å². The number of nitrogens with one attached hydrogen (secondary N) is 2. The van der Waals surface area contributed by atoms with Crippen LogP contribution >= 0.6 is 0 Å². The molecule has 1 saturated heterocycles. The van der Waals surface area contributed by atoms with Gasteiger partial charge in [0.25, 0.3) is 11.8 Å². The number of hydrogen-bond acceptors (Lipinski definition) is 7. The zero-order valence-corrected chi connectivity index (χ0v) is 22.2. The molecule has 4 aliphatic rings. The van der Waals surface area contributed by atoms with Crippen LogP contribution in [0.3, 0.4) is 0 Å². The summed E-state index contributed by atoms with van der Waals surface area (Å²) in [5.41, 5.74) is 2.54. The number of imidazole rings is 1. The van der Waals surface area contributed by atoms with Crippen LogP contribution in [0.25, 0.3) is 5.65 Å². The quantitative estimate of drug-likeness (QED) is 0.401. The Kier molecular flexibility index (Phi) is 8.12. The molecule has 3 saturated carbocycles. The van der Waals surface area contributed by atoms with Crippen molar-refractivity contribution in [3.05, 3.63) is 41.1 Å². The predicted molar refractivity (Wildman–Crippen MR) is 141 cm³/mol. The van der Waals surface area contributed by atoms with Crippen LogP contribution in [0.5, 0.6) is 0 Å². The van der Waals surface area contributed by atoms with Gasteiger partial charge in [-0.1, -0.05) is 19.0 Å². The van der Waals surface area contributed by atoms with Crippen molar-refractivity contribution in [3.8, 4) is 0 Å². The van der Waals surface area contributed by atoms with Gasteiger partial charge in [-0.25, -0.2) is 36.5 Å². The molecule has 0 aromatic carbocycles. The number of hydrogen-bond donors (Lipinski definition) is 2. The maximum absolute atomic E-state index is 13.8. The smallest absolute Gasteiger partial charge is 0.317 e. The van der Waals surface area contributed by atoms with Crippen LogP contribution < -0.4 is 10.6 Å². The van der Waals surface area contributed by atoms with Crippen LogP contribution in [-0.2, 0) is 13.1 Å². The van der Waals surface area contributed by atoms with E-state index >= 15 is 0 Å². The van der Waals surface area contributed by atoms with Crippen LogP contribution in [0, 0.1) is 11.8 Å². The minimum absolute atomic E-state index is 0. The number of nitrogens with zero attached hydrogens (tertiary/aromatic N) is 6. The Morgan fingerprint density at radius 1 is 1.12 bits per heavy atom. The van der Waals surface area contributed by atoms with E-state index in [2.05, 4.69) is 31.0 Å². The molecular weight excluding hydrogens is 560 g/mol. The second-order valence-electron chi connectivity index (χ2n) is 11.2. The Morgan fingerprint density at radius 3 is 2.57 bits per heavy atom. The summed E-state index contributed by atoms with van der Waals surface area (Å²) in [7, 11) is 0. The molecule has 0 spiro atoms. The van der Waals surface area contributed by atoms with Gasteiger partial charge in [0.1, 0.15) is 5.69 Å². The van der Waals surface area contributed by atoms with Crippen molar-refractivity contribution in [3.63, 3.8) is 0 Å². The first-order valence-corrected chi connectivity index (χ1v) is 13.8. The Morgan fingerprint density at radius 2 is 1.88 bits per heavy atom. The van der Waals surface area contributed by atoms with Gasteiger partial charge in [0, 0.05) is 38.4 Å². The molecule has 3 aliphatic carbocycles. The largest absolute Gasteiger partial charge is 0.345 e. The summed E-state index contributed by atoms with van der Waals surface area (Å²) in [6.07, 6.45) is 7.85. The molecule has 15 heteroatoms. The van der Waals surface area contributed by atoms with Gasteiger partial charge in [-0.05, 0) is 42.5 Å². The van der Waals surface area contributed by atoms with E-state index in [1.165, 1.54) is 4.90 Å². The molecule has 42 heavy (non-hydrogen) atoms. The first-order valence-electron chi connectivity index (χ1n) is 13.8. The van der Waals surface area contributed by atoms with E-state index in [4.69, 9.17) is 4.63 Å². The van der Waals surface area contributed by atoms with Crippen LogP contribution in [0.15, 0.2) is 23.1 Å². The van der Waals surface area contributed by atoms with Gasteiger partial charge in [-0.2, -0.15) is 5.10 Å². The van der Waals surface area contributed by atoms with Crippen molar-refractivity contribution in [1.29, 1.82) is 0 Å². The number of carbonyl (C=O) groups is 2. The van der Waals surface area contributed by atoms with E-state index in [0.717, 1.165) is 19.3 Å². The highest BCUT2D eigenvalue weighted by atomic mass is 19.3. The monoisotopic (exact) mass is 594 g/mol. The molecule has 3 aromatic heterocycles. The highest BCUT2D eigenvalue weighted by Gasteiger charge is 2.69. The molecule has 2 atom stereocenters. The molecule has 4 fully saturated rings. The summed E-state index contributed by atoms with van der Waals surface area (Å²) in [4.78, 5) is 30.5. The fourth-order valence-electron chi connectivity index (χ4n) is 5.41. The number of halogens is 4. The third-order valence-electron chi connectivity index (χ3n) is 8.05. The van der Waals surface area contributed by atoms with Crippen molar-refractivity contribution in [2.24, 2.45) is 11.8 Å². The van der Waals surface area contributed by atoms with Gasteiger partial charge in [-0.15, -0.1) is 0 Å². The summed E-state index contributed by atoms with van der Waals surface area (Å²) < 4.78 is 58.2. The molecule has 0 radical (unpaired) electrons. The molecule has 3 amide bonds. The maximum atomic E-state index is 13.8. The fraction of sp³-hybridized carbons (Fsp3) is 0.630. The van der Waals surface area contributed by atoms with Crippen LogP contribution in [0.4, 0.5) is 22.4 Å². The summed E-state index contributed by atoms with van der Waals surface area (Å²) in [6.45, 7) is 0.296. The molecule has 0 bridgehead atoms. The lowest BCUT2D eigenvalue weighted by Crippen LogP contribution is -2.40. The second-order valence-corrected chi connectivity index (χ2v) is 11.2. The lowest BCUT2D eigenvalue weighted by molar-refractivity contribution is -0.0337. The molecule has 11 nitrogen and oxygen atoms in total. The number of rotatable bonds is 6. The van der Waals surface area contributed by atoms with Gasteiger partial charge in [0.15, 0.2) is 11.3 Å². The van der Waals surface area contributed by atoms with Crippen molar-refractivity contribution in [2.45, 2.75) is 83.2 Å². The molecule has 4 heterocycles. The highest BCUT2D eigenvalue weighted by molar-refractivity contribution is 5.93. The molecule has 7 rings (SSSR count). The van der Waals surface area contributed by atoms with Crippen LogP contribution in [0.1, 0.15) is 85.7 Å². The van der Waals surface area contributed by atoms with Crippen LogP contribution in [-0.4, -0.2) is 66.7 Å². The molecule has 2 N–H and O–H groups in total. The van der Waals surface area contributed by atoms with E-state index in [1.54, 1.807) is 23.0 Å². The zero-order valence-electron chi connectivity index (χ0n) is 22.2. The van der Waals surface area contributed by atoms with E-state index in [0.29, 0.717) is 35.4 Å². The number of carbonyl (C=O) groups excluding carboxylic acids is 2. The molecule has 2 unspecified atom stereocenters. The Hall–Kier alpha value is -3.78. The average Bonchev–Trinajstić information content (AvgIpc) is 3.73. The van der Waals surface area contributed by atoms with Gasteiger partial charge in [0.05, 0.1) is 36.5 Å². The van der Waals surface area contributed by atoms with Gasteiger partial charge in [0.2, 0.25) is 5.92 Å². The number of fused-ring (bicyclic) bond motifs is 2. The summed E-state index contributed by atoms with van der Waals surface area (Å²) in [6, 6.07) is 1.38. The number of urea groups is 1. The fourth-order valence-corrected chi connectivity index (χ4v) is 5.41. The number of alkyl halides is 4. The SMILES string of the molecule is C.FC1(F)CCCCC1.O=C(NCc1cn2ncc(CN3CC4C(CNC3=O)C4(F)F)cc2n1)c1nonc1C1CC1. The van der Waals surface area contributed by atoms with E-state index in [-0.39, 0.29) is 70.0 Å². The van der Waals surface area contributed by atoms with Crippen molar-refractivity contribution < 1.29 is 31.8 Å². The highest BCUT2D eigenvalue weighted by Crippen LogP contribution is 2.55. The summed E-state index contributed by atoms with van der Waals surface area (Å²) in [5.74, 6) is -6.79. The first kappa shape index (κ1) is 29.7. The topological polar surface area (TPSA) is 131 Å². The minimum atomic E-state index is -2.72. The predicted octanol–water partition coefficient (Wildman–Crippen LogP) is 4.55. The van der Waals surface area contributed by atoms with Gasteiger partial charge in [-0.3, -0.25) is 4.79 Å². The number of aromatic nitrogens is 5. The molecule has 228 valence electrons. The third-order valence-corrected chi connectivity index (χ3v) is 8.05. The standard InChI is InChI=1S/C20H20F2N8O3.C6H10F2.CH4/c21-20(22)13-6-24-19(32)29(9-14(13)20)7-10-3-15-26-12(8-30(15)25-4-10)5-23-18(31)17-16(11-1-2-11)27-33-28-17;7-6(8)4-2-1-3-5-6;/h3-4,8,11,13-14H,1-2,5-7,9H2,(H,23,31)(H,24,32);1-5H2;1H4. The third kappa shape index (κ3) is 6.33. The summed E-state index contributed by atoms with van der Waals surface area (Å²) >= 11 is 0.